The van der Waals surface area contributed by atoms with Gasteiger partial charge in [0.1, 0.15) is 6.73 Å². The van der Waals surface area contributed by atoms with Gasteiger partial charge in [0, 0.05) is 20.6 Å². The second kappa shape index (κ2) is 5.34. The summed E-state index contributed by atoms with van der Waals surface area (Å²) in [5.41, 5.74) is 0. The Morgan fingerprint density at radius 3 is 2.15 bits per heavy atom. The van der Waals surface area contributed by atoms with Crippen LogP contribution in [-0.2, 0) is 18.4 Å². The molecule has 0 rings (SSSR count). The fourth-order valence-electron chi connectivity index (χ4n) is 0.747. The van der Waals surface area contributed by atoms with E-state index in [0.29, 0.717) is 4.67 Å². The lowest BCUT2D eigenvalue weighted by atomic mass is 10.5. The van der Waals surface area contributed by atoms with Crippen LogP contribution in [0.25, 0.3) is 0 Å². The molecule has 78 valence electrons. The molecule has 0 radical (unpaired) electrons. The summed E-state index contributed by atoms with van der Waals surface area (Å²) in [6.45, 7) is 0.895. The molecule has 0 saturated carbocycles. The second-order valence-electron chi connectivity index (χ2n) is 2.12. The SMILES string of the molecule is CCC(=O)N(CO)P(=O)(OC)OC. The Labute approximate surface area is 77.0 Å². The fourth-order valence-corrected chi connectivity index (χ4v) is 1.86. The lowest BCUT2D eigenvalue weighted by Gasteiger charge is -2.25. The van der Waals surface area contributed by atoms with E-state index in [9.17, 15) is 9.36 Å². The Hall–Kier alpha value is -0.420. The molecule has 0 saturated heterocycles. The van der Waals surface area contributed by atoms with Crippen LogP contribution in [0.15, 0.2) is 0 Å². The normalized spacial score (nSPS) is 11.4. The first kappa shape index (κ1) is 12.6. The molecule has 7 heteroatoms. The van der Waals surface area contributed by atoms with Gasteiger partial charge in [-0.15, -0.1) is 0 Å². The van der Waals surface area contributed by atoms with Crippen molar-refractivity contribution in [3.63, 3.8) is 0 Å². The summed E-state index contributed by atoms with van der Waals surface area (Å²) < 4.78 is 21.3. The molecule has 13 heavy (non-hydrogen) atoms. The maximum atomic E-state index is 11.6. The van der Waals surface area contributed by atoms with Crippen molar-refractivity contribution in [1.29, 1.82) is 0 Å². The molecule has 0 aliphatic heterocycles. The molecule has 1 N–H and O–H groups in total. The molecule has 0 aromatic heterocycles. The van der Waals surface area contributed by atoms with E-state index in [1.54, 1.807) is 6.92 Å². The predicted molar refractivity (Wildman–Crippen MR) is 45.8 cm³/mol. The molecule has 0 bridgehead atoms. The van der Waals surface area contributed by atoms with E-state index in [-0.39, 0.29) is 6.42 Å². The summed E-state index contributed by atoms with van der Waals surface area (Å²) in [6.07, 6.45) is 0.122. The third-order valence-corrected chi connectivity index (χ3v) is 3.35. The molecular formula is C6H14NO5P. The standard InChI is InChI=1S/C6H14NO5P/c1-4-6(9)7(5-8)13(10,11-2)12-3/h8H,4-5H2,1-3H3. The van der Waals surface area contributed by atoms with Crippen LogP contribution in [-0.4, -0.2) is 36.6 Å². The Bertz CT molecular complexity index is 211. The van der Waals surface area contributed by atoms with E-state index < -0.39 is 20.4 Å². The van der Waals surface area contributed by atoms with Gasteiger partial charge >= 0.3 is 7.75 Å². The highest BCUT2D eigenvalue weighted by molar-refractivity contribution is 7.52. The van der Waals surface area contributed by atoms with Crippen LogP contribution in [0.5, 0.6) is 0 Å². The van der Waals surface area contributed by atoms with Gasteiger partial charge < -0.3 is 5.11 Å². The molecule has 0 spiro atoms. The van der Waals surface area contributed by atoms with Crippen LogP contribution >= 0.6 is 7.75 Å². The van der Waals surface area contributed by atoms with Crippen molar-refractivity contribution < 1.29 is 23.5 Å². The average Bonchev–Trinajstić information content (AvgIpc) is 2.18. The average molecular weight is 211 g/mol. The summed E-state index contributed by atoms with van der Waals surface area (Å²) in [6, 6.07) is 0. The first-order valence-electron chi connectivity index (χ1n) is 3.69. The maximum Gasteiger partial charge on any atom is 0.438 e. The van der Waals surface area contributed by atoms with E-state index in [0.717, 1.165) is 14.2 Å². The van der Waals surface area contributed by atoms with Crippen molar-refractivity contribution in [2.75, 3.05) is 21.0 Å². The summed E-state index contributed by atoms with van der Waals surface area (Å²) in [7, 11) is -1.33. The van der Waals surface area contributed by atoms with Crippen LogP contribution in [0.4, 0.5) is 0 Å². The van der Waals surface area contributed by atoms with Crippen LogP contribution in [0.2, 0.25) is 0 Å². The van der Waals surface area contributed by atoms with Gasteiger partial charge in [0.05, 0.1) is 0 Å². The van der Waals surface area contributed by atoms with Crippen LogP contribution < -0.4 is 0 Å². The number of hydrogen-bond donors (Lipinski definition) is 1. The molecule has 0 aromatic rings. The molecule has 0 unspecified atom stereocenters. The van der Waals surface area contributed by atoms with Gasteiger partial charge in [0.25, 0.3) is 0 Å². The van der Waals surface area contributed by atoms with Crippen LogP contribution in [0.1, 0.15) is 13.3 Å². The Balaban J connectivity index is 4.73. The van der Waals surface area contributed by atoms with Crippen molar-refractivity contribution in [3.8, 4) is 0 Å². The van der Waals surface area contributed by atoms with Gasteiger partial charge in [0.15, 0.2) is 0 Å². The third kappa shape index (κ3) is 2.77. The number of aliphatic hydroxyl groups excluding tert-OH is 1. The van der Waals surface area contributed by atoms with E-state index in [1.165, 1.54) is 0 Å². The Morgan fingerprint density at radius 2 is 1.92 bits per heavy atom. The molecule has 0 aromatic carbocycles. The van der Waals surface area contributed by atoms with Gasteiger partial charge in [-0.1, -0.05) is 6.92 Å². The highest BCUT2D eigenvalue weighted by Gasteiger charge is 2.33. The highest BCUT2D eigenvalue weighted by atomic mass is 31.2. The number of nitrogens with zero attached hydrogens (tertiary/aromatic N) is 1. The number of hydrogen-bond acceptors (Lipinski definition) is 5. The Kier molecular flexibility index (Phi) is 5.17. The first-order valence-corrected chi connectivity index (χ1v) is 5.18. The largest absolute Gasteiger partial charge is 0.438 e. The smallest absolute Gasteiger partial charge is 0.376 e. The summed E-state index contributed by atoms with van der Waals surface area (Å²) in [5, 5.41) is 8.80. The summed E-state index contributed by atoms with van der Waals surface area (Å²) >= 11 is 0. The van der Waals surface area contributed by atoms with Gasteiger partial charge in [-0.3, -0.25) is 13.8 Å². The quantitative estimate of drug-likeness (QED) is 0.531. The highest BCUT2D eigenvalue weighted by Crippen LogP contribution is 2.50. The van der Waals surface area contributed by atoms with Crippen LogP contribution in [0, 0.1) is 0 Å². The molecular weight excluding hydrogens is 197 g/mol. The zero-order valence-electron chi connectivity index (χ0n) is 7.89. The Morgan fingerprint density at radius 1 is 1.46 bits per heavy atom. The van der Waals surface area contributed by atoms with Gasteiger partial charge in [0.2, 0.25) is 5.91 Å². The van der Waals surface area contributed by atoms with Gasteiger partial charge in [-0.25, -0.2) is 9.24 Å². The first-order chi connectivity index (χ1) is 6.05. The molecule has 6 nitrogen and oxygen atoms in total. The van der Waals surface area contributed by atoms with Crippen molar-refractivity contribution in [2.24, 2.45) is 0 Å². The lowest BCUT2D eigenvalue weighted by Crippen LogP contribution is -2.29. The monoisotopic (exact) mass is 211 g/mol. The van der Waals surface area contributed by atoms with Crippen LogP contribution in [0.3, 0.4) is 0 Å². The minimum absolute atomic E-state index is 0.122. The van der Waals surface area contributed by atoms with Gasteiger partial charge in [-0.05, 0) is 0 Å². The number of rotatable bonds is 5. The molecule has 0 atom stereocenters. The maximum absolute atomic E-state index is 11.6. The molecule has 1 amide bonds. The van der Waals surface area contributed by atoms with E-state index in [1.807, 2.05) is 0 Å². The predicted octanol–water partition coefficient (Wildman–Crippen LogP) is 0.576. The van der Waals surface area contributed by atoms with E-state index in [2.05, 4.69) is 9.05 Å². The topological polar surface area (TPSA) is 76.1 Å². The van der Waals surface area contributed by atoms with E-state index in [4.69, 9.17) is 5.11 Å². The number of amides is 1. The molecule has 0 fully saturated rings. The van der Waals surface area contributed by atoms with Crippen molar-refractivity contribution in [3.05, 3.63) is 0 Å². The number of carbonyl (C=O) groups is 1. The van der Waals surface area contributed by atoms with Crippen molar-refractivity contribution in [2.45, 2.75) is 13.3 Å². The van der Waals surface area contributed by atoms with E-state index >= 15 is 0 Å². The fraction of sp³-hybridized carbons (Fsp3) is 0.833. The minimum atomic E-state index is -3.63. The zero-order valence-corrected chi connectivity index (χ0v) is 8.78. The molecule has 0 aliphatic rings. The lowest BCUT2D eigenvalue weighted by molar-refractivity contribution is -0.129. The van der Waals surface area contributed by atoms with Crippen molar-refractivity contribution in [1.82, 2.24) is 4.67 Å². The zero-order chi connectivity index (χ0) is 10.5. The molecule has 0 heterocycles. The van der Waals surface area contributed by atoms with Gasteiger partial charge in [-0.2, -0.15) is 0 Å². The third-order valence-electron chi connectivity index (χ3n) is 1.48. The number of carbonyl (C=O) groups excluding carboxylic acids is 1. The molecule has 0 aliphatic carbocycles. The minimum Gasteiger partial charge on any atom is -0.376 e. The van der Waals surface area contributed by atoms with Crippen molar-refractivity contribution >= 4 is 13.7 Å². The second-order valence-corrected chi connectivity index (χ2v) is 4.27. The summed E-state index contributed by atoms with van der Waals surface area (Å²) in [5.74, 6) is -0.491. The number of aliphatic hydroxyl groups is 1. The summed E-state index contributed by atoms with van der Waals surface area (Å²) in [4.78, 5) is 11.1.